The summed E-state index contributed by atoms with van der Waals surface area (Å²) in [4.78, 5) is 0. The Morgan fingerprint density at radius 1 is 1.27 bits per heavy atom. The molecular weight excluding hydrogens is 186 g/mol. The van der Waals surface area contributed by atoms with Gasteiger partial charge in [0, 0.05) is 12.1 Å². The Bertz CT molecular complexity index is 151. The highest BCUT2D eigenvalue weighted by Gasteiger charge is 2.17. The maximum atomic E-state index is 9.12. The van der Waals surface area contributed by atoms with Crippen LogP contribution in [-0.4, -0.2) is 23.8 Å². The Morgan fingerprint density at radius 2 is 1.93 bits per heavy atom. The Kier molecular flexibility index (Phi) is 6.26. The first kappa shape index (κ1) is 13.0. The van der Waals surface area contributed by atoms with E-state index in [1.165, 1.54) is 38.5 Å². The van der Waals surface area contributed by atoms with Crippen LogP contribution in [0.3, 0.4) is 0 Å². The standard InChI is InChI=1S/C13H27NO/c1-3-13(10-15)14-11(2)9-12-7-5-4-6-8-12/h11-15H,3-10H2,1-2H3. The van der Waals surface area contributed by atoms with E-state index in [4.69, 9.17) is 5.11 Å². The van der Waals surface area contributed by atoms with Gasteiger partial charge in [0.1, 0.15) is 0 Å². The summed E-state index contributed by atoms with van der Waals surface area (Å²) in [7, 11) is 0. The second-order valence-electron chi connectivity index (χ2n) is 5.10. The molecule has 2 unspecified atom stereocenters. The fourth-order valence-corrected chi connectivity index (χ4v) is 2.69. The molecule has 1 fully saturated rings. The molecule has 0 saturated heterocycles. The molecule has 0 spiro atoms. The predicted octanol–water partition coefficient (Wildman–Crippen LogP) is 2.71. The number of nitrogens with one attached hydrogen (secondary N) is 1. The van der Waals surface area contributed by atoms with E-state index in [1.807, 2.05) is 0 Å². The summed E-state index contributed by atoms with van der Waals surface area (Å²) in [6.07, 6.45) is 9.43. The molecule has 0 aromatic rings. The van der Waals surface area contributed by atoms with E-state index in [0.29, 0.717) is 12.1 Å². The smallest absolute Gasteiger partial charge is 0.0584 e. The third-order valence-electron chi connectivity index (χ3n) is 3.65. The molecule has 2 nitrogen and oxygen atoms in total. The Hall–Kier alpha value is -0.0800. The molecule has 0 aromatic carbocycles. The van der Waals surface area contributed by atoms with Crippen LogP contribution in [0, 0.1) is 5.92 Å². The van der Waals surface area contributed by atoms with E-state index in [1.54, 1.807) is 0 Å². The Morgan fingerprint density at radius 3 is 2.47 bits per heavy atom. The average molecular weight is 213 g/mol. The zero-order valence-electron chi connectivity index (χ0n) is 10.3. The Labute approximate surface area is 94.5 Å². The van der Waals surface area contributed by atoms with Crippen LogP contribution in [0.5, 0.6) is 0 Å². The summed E-state index contributed by atoms with van der Waals surface area (Å²) in [5.41, 5.74) is 0. The molecule has 2 atom stereocenters. The quantitative estimate of drug-likeness (QED) is 0.711. The van der Waals surface area contributed by atoms with Crippen LogP contribution in [0.1, 0.15) is 58.8 Å². The zero-order valence-corrected chi connectivity index (χ0v) is 10.3. The molecule has 0 amide bonds. The maximum absolute atomic E-state index is 9.12. The molecule has 0 radical (unpaired) electrons. The topological polar surface area (TPSA) is 32.3 Å². The summed E-state index contributed by atoms with van der Waals surface area (Å²) >= 11 is 0. The van der Waals surface area contributed by atoms with Gasteiger partial charge in [-0.2, -0.15) is 0 Å². The number of hydrogen-bond donors (Lipinski definition) is 2. The van der Waals surface area contributed by atoms with Crippen LogP contribution in [0.15, 0.2) is 0 Å². The van der Waals surface area contributed by atoms with E-state index in [2.05, 4.69) is 19.2 Å². The van der Waals surface area contributed by atoms with Crippen molar-refractivity contribution in [3.8, 4) is 0 Å². The van der Waals surface area contributed by atoms with Crippen LogP contribution in [0.25, 0.3) is 0 Å². The van der Waals surface area contributed by atoms with Gasteiger partial charge in [-0.05, 0) is 25.7 Å². The molecule has 1 saturated carbocycles. The van der Waals surface area contributed by atoms with Crippen LogP contribution < -0.4 is 5.32 Å². The van der Waals surface area contributed by atoms with Crippen molar-refractivity contribution < 1.29 is 5.11 Å². The van der Waals surface area contributed by atoms with Gasteiger partial charge in [-0.3, -0.25) is 0 Å². The number of hydrogen-bond acceptors (Lipinski definition) is 2. The SMILES string of the molecule is CCC(CO)NC(C)CC1CCCCC1. The lowest BCUT2D eigenvalue weighted by Crippen LogP contribution is -2.39. The highest BCUT2D eigenvalue weighted by Crippen LogP contribution is 2.27. The molecule has 2 N–H and O–H groups in total. The third-order valence-corrected chi connectivity index (χ3v) is 3.65. The van der Waals surface area contributed by atoms with Crippen molar-refractivity contribution in [1.29, 1.82) is 0 Å². The van der Waals surface area contributed by atoms with Crippen LogP contribution in [-0.2, 0) is 0 Å². The third kappa shape index (κ3) is 4.98. The van der Waals surface area contributed by atoms with Crippen LogP contribution >= 0.6 is 0 Å². The molecule has 0 heterocycles. The van der Waals surface area contributed by atoms with Gasteiger partial charge in [0.2, 0.25) is 0 Å². The van der Waals surface area contributed by atoms with Gasteiger partial charge >= 0.3 is 0 Å². The van der Waals surface area contributed by atoms with Gasteiger partial charge in [0.25, 0.3) is 0 Å². The van der Waals surface area contributed by atoms with Crippen molar-refractivity contribution in [2.75, 3.05) is 6.61 Å². The molecule has 1 rings (SSSR count). The molecule has 0 aromatic heterocycles. The number of aliphatic hydroxyl groups excluding tert-OH is 1. The first-order valence-corrected chi connectivity index (χ1v) is 6.63. The highest BCUT2D eigenvalue weighted by molar-refractivity contribution is 4.74. The fourth-order valence-electron chi connectivity index (χ4n) is 2.69. The number of aliphatic hydroxyl groups is 1. The van der Waals surface area contributed by atoms with Crippen LogP contribution in [0.4, 0.5) is 0 Å². The molecule has 1 aliphatic carbocycles. The lowest BCUT2D eigenvalue weighted by Gasteiger charge is -2.27. The first-order valence-electron chi connectivity index (χ1n) is 6.63. The first-order chi connectivity index (χ1) is 7.26. The van der Waals surface area contributed by atoms with E-state index in [0.717, 1.165) is 12.3 Å². The molecule has 0 bridgehead atoms. The van der Waals surface area contributed by atoms with Crippen molar-refractivity contribution in [1.82, 2.24) is 5.32 Å². The van der Waals surface area contributed by atoms with Crippen molar-refractivity contribution in [3.05, 3.63) is 0 Å². The second-order valence-corrected chi connectivity index (χ2v) is 5.10. The fraction of sp³-hybridized carbons (Fsp3) is 1.00. The van der Waals surface area contributed by atoms with E-state index < -0.39 is 0 Å². The van der Waals surface area contributed by atoms with Crippen molar-refractivity contribution in [3.63, 3.8) is 0 Å². The summed E-state index contributed by atoms with van der Waals surface area (Å²) in [5.74, 6) is 0.928. The minimum absolute atomic E-state index is 0.269. The monoisotopic (exact) mass is 213 g/mol. The molecule has 15 heavy (non-hydrogen) atoms. The second kappa shape index (κ2) is 7.24. The van der Waals surface area contributed by atoms with Gasteiger partial charge in [-0.1, -0.05) is 39.0 Å². The molecule has 0 aliphatic heterocycles. The van der Waals surface area contributed by atoms with Gasteiger partial charge in [0.05, 0.1) is 6.61 Å². The van der Waals surface area contributed by atoms with Crippen LogP contribution in [0.2, 0.25) is 0 Å². The maximum Gasteiger partial charge on any atom is 0.0584 e. The Balaban J connectivity index is 2.18. The molecule has 1 aliphatic rings. The van der Waals surface area contributed by atoms with Gasteiger partial charge in [0.15, 0.2) is 0 Å². The van der Waals surface area contributed by atoms with E-state index in [9.17, 15) is 0 Å². The largest absolute Gasteiger partial charge is 0.395 e. The summed E-state index contributed by atoms with van der Waals surface area (Å²) < 4.78 is 0. The number of rotatable bonds is 6. The van der Waals surface area contributed by atoms with E-state index >= 15 is 0 Å². The van der Waals surface area contributed by atoms with Crippen molar-refractivity contribution in [2.45, 2.75) is 70.9 Å². The summed E-state index contributed by atoms with van der Waals surface area (Å²) in [5, 5.41) is 12.6. The molecular formula is C13H27NO. The highest BCUT2D eigenvalue weighted by atomic mass is 16.3. The van der Waals surface area contributed by atoms with Gasteiger partial charge in [-0.15, -0.1) is 0 Å². The normalized spacial score (nSPS) is 22.6. The minimum atomic E-state index is 0.269. The lowest BCUT2D eigenvalue weighted by molar-refractivity contribution is 0.216. The summed E-state index contributed by atoms with van der Waals surface area (Å²) in [6, 6.07) is 0.855. The zero-order chi connectivity index (χ0) is 11.1. The molecule has 2 heteroatoms. The molecule has 90 valence electrons. The van der Waals surface area contributed by atoms with Gasteiger partial charge < -0.3 is 10.4 Å². The summed E-state index contributed by atoms with van der Waals surface area (Å²) in [6.45, 7) is 4.65. The van der Waals surface area contributed by atoms with Crippen molar-refractivity contribution in [2.24, 2.45) is 5.92 Å². The van der Waals surface area contributed by atoms with Crippen molar-refractivity contribution >= 4 is 0 Å². The lowest BCUT2D eigenvalue weighted by atomic mass is 9.85. The van der Waals surface area contributed by atoms with Gasteiger partial charge in [-0.25, -0.2) is 0 Å². The minimum Gasteiger partial charge on any atom is -0.395 e. The predicted molar refractivity (Wildman–Crippen MR) is 65.0 cm³/mol. The van der Waals surface area contributed by atoms with E-state index in [-0.39, 0.29) is 6.61 Å². The average Bonchev–Trinajstić information content (AvgIpc) is 2.27.